The van der Waals surface area contributed by atoms with E-state index in [0.29, 0.717) is 11.1 Å². The topological polar surface area (TPSA) is 52.6 Å². The smallest absolute Gasteiger partial charge is 0.338 e. The van der Waals surface area contributed by atoms with Gasteiger partial charge in [0.25, 0.3) is 0 Å². The molecule has 0 atom stereocenters. The van der Waals surface area contributed by atoms with Gasteiger partial charge in [-0.1, -0.05) is 336 Å². The van der Waals surface area contributed by atoms with E-state index in [0.717, 1.165) is 177 Å². The Balaban J connectivity index is 0.952. The summed E-state index contributed by atoms with van der Waals surface area (Å²) < 4.78 is 12.8. The molecule has 0 radical (unpaired) electrons. The number of fused-ring (bicyclic) bond motifs is 10. The van der Waals surface area contributed by atoms with Gasteiger partial charge < -0.3 is 9.47 Å². The first-order chi connectivity index (χ1) is 54.4. The van der Waals surface area contributed by atoms with Gasteiger partial charge in [0.2, 0.25) is 13.4 Å². The Kier molecular flexibility index (Phi) is 14.6. The molecule has 0 aromatic heterocycles. The first kappa shape index (κ1) is 63.4. The third-order valence-electron chi connectivity index (χ3n) is 23.7. The molecule has 0 bridgehead atoms. The molecule has 4 aliphatic heterocycles. The molecule has 0 aliphatic carbocycles. The first-order valence-corrected chi connectivity index (χ1v) is 38.0. The number of esters is 2. The maximum Gasteiger partial charge on any atom is 0.338 e. The van der Waals surface area contributed by atoms with Crippen LogP contribution in [0.2, 0.25) is 0 Å². The SMILES string of the molecule is O=C(OCc1ccccc1)c1cc2c3c(c1)-c1cc(-c4c(-c5ccccc5)cc(-c5ccccc5)cc4-c4ccccc4)c4cc5c6c(cc(-c7c(-c8ccccc8)cc(-c8ccccc8)cc7-c7ccccc7)c7cc(c1c4c76)B3c1ccccc1-2)-c1cc(C(=O)OCc2ccccc2)cc2c1B5c1ccccc1-2. The molecule has 110 heavy (non-hydrogen) atoms. The molecule has 18 aromatic carbocycles. The molecular weight excluding hydrogens is 1330 g/mol. The predicted octanol–water partition coefficient (Wildman–Crippen LogP) is 21.6. The number of rotatable bonds is 14. The van der Waals surface area contributed by atoms with E-state index in [1.54, 1.807) is 0 Å². The molecule has 4 heterocycles. The number of benzene rings is 18. The summed E-state index contributed by atoms with van der Waals surface area (Å²) in [5.74, 6) is -0.763. The summed E-state index contributed by atoms with van der Waals surface area (Å²) in [6.45, 7) is -0.211. The standard InChI is InChI=1S/C104H64B2O4/c107-103(109-61-63-29-9-1-10-30-63)73-53-87-75-45-25-27-47-91(75)105-93-59-86-82(96-79(69-41-21-7-22-42-69)51-72(66-35-15-4-16-36-66)52-80(96)70-43-23-8-24-44-70)58-84-90-56-74(104(108)110-62-64-31-11-2-12-32-64)54-88-76-46-26-28-48-92(76)106(102(88)90)94-60-85-81(57-83(89(55-73)101(87)105)97(93)99(85)100(86)98(84)94)95-77(67-37-17-5-18-38-67)49-71(65-33-13-3-14-34-65)50-78(95)68-39-19-6-20-40-68/h1-60H,61-62H2. The van der Waals surface area contributed by atoms with Crippen molar-refractivity contribution < 1.29 is 19.1 Å². The molecule has 0 saturated carbocycles. The number of ether oxygens (including phenoxy) is 2. The molecule has 0 amide bonds. The molecule has 0 spiro atoms. The fourth-order valence-electron chi connectivity index (χ4n) is 19.0. The van der Waals surface area contributed by atoms with E-state index in [4.69, 9.17) is 9.47 Å². The highest BCUT2D eigenvalue weighted by Crippen LogP contribution is 2.56. The van der Waals surface area contributed by atoms with Gasteiger partial charge in [0.15, 0.2) is 0 Å². The van der Waals surface area contributed by atoms with Crippen LogP contribution in [0.4, 0.5) is 0 Å². The van der Waals surface area contributed by atoms with E-state index in [9.17, 15) is 0 Å². The van der Waals surface area contributed by atoms with Crippen LogP contribution in [0.25, 0.3) is 166 Å². The van der Waals surface area contributed by atoms with E-state index >= 15 is 9.59 Å². The van der Waals surface area contributed by atoms with Crippen molar-refractivity contribution in [2.24, 2.45) is 0 Å². The molecule has 0 fully saturated rings. The number of carbonyl (C=O) groups excluding carboxylic acids is 2. The maximum absolute atomic E-state index is 15.3. The van der Waals surface area contributed by atoms with E-state index in [1.807, 2.05) is 60.7 Å². The molecule has 0 N–H and O–H groups in total. The van der Waals surface area contributed by atoms with E-state index < -0.39 is 0 Å². The van der Waals surface area contributed by atoms with E-state index in [1.165, 1.54) is 32.8 Å². The summed E-state index contributed by atoms with van der Waals surface area (Å²) in [5.41, 5.74) is 35.8. The Morgan fingerprint density at radius 3 is 0.827 bits per heavy atom. The van der Waals surface area contributed by atoms with Crippen molar-refractivity contribution >= 4 is 90.5 Å². The molecule has 22 rings (SSSR count). The van der Waals surface area contributed by atoms with Crippen LogP contribution in [0, 0.1) is 0 Å². The van der Waals surface area contributed by atoms with Gasteiger partial charge in [0.1, 0.15) is 13.2 Å². The highest BCUT2D eigenvalue weighted by molar-refractivity contribution is 7.03. The lowest BCUT2D eigenvalue weighted by Gasteiger charge is -2.34. The lowest BCUT2D eigenvalue weighted by atomic mass is 9.34. The third-order valence-corrected chi connectivity index (χ3v) is 23.7. The fourth-order valence-corrected chi connectivity index (χ4v) is 19.0. The second-order valence-corrected chi connectivity index (χ2v) is 29.7. The zero-order valence-corrected chi connectivity index (χ0v) is 59.8. The van der Waals surface area contributed by atoms with Gasteiger partial charge in [-0.3, -0.25) is 0 Å². The van der Waals surface area contributed by atoms with Gasteiger partial charge in [-0.2, -0.15) is 0 Å². The van der Waals surface area contributed by atoms with Crippen LogP contribution in [0.3, 0.4) is 0 Å². The zero-order chi connectivity index (χ0) is 72.7. The van der Waals surface area contributed by atoms with Crippen molar-refractivity contribution in [3.05, 3.63) is 386 Å². The average molecular weight is 1400 g/mol. The van der Waals surface area contributed by atoms with Gasteiger partial charge in [-0.25, -0.2) is 9.59 Å². The highest BCUT2D eigenvalue weighted by Gasteiger charge is 2.46. The van der Waals surface area contributed by atoms with Gasteiger partial charge in [-0.15, -0.1) is 0 Å². The summed E-state index contributed by atoms with van der Waals surface area (Å²) in [6, 6.07) is 132. The van der Waals surface area contributed by atoms with Crippen molar-refractivity contribution in [1.29, 1.82) is 0 Å². The van der Waals surface area contributed by atoms with Gasteiger partial charge in [0, 0.05) is 0 Å². The molecule has 0 saturated heterocycles. The maximum atomic E-state index is 15.3. The Morgan fingerprint density at radius 1 is 0.218 bits per heavy atom. The minimum absolute atomic E-state index is 0.133. The summed E-state index contributed by atoms with van der Waals surface area (Å²) in [6.07, 6.45) is 0. The second-order valence-electron chi connectivity index (χ2n) is 29.7. The lowest BCUT2D eigenvalue weighted by Crippen LogP contribution is -2.53. The van der Waals surface area contributed by atoms with Crippen molar-refractivity contribution in [1.82, 2.24) is 0 Å². The Bertz CT molecular complexity index is 6290. The monoisotopic (exact) mass is 1400 g/mol. The van der Waals surface area contributed by atoms with E-state index in [-0.39, 0.29) is 38.6 Å². The van der Waals surface area contributed by atoms with Crippen LogP contribution in [-0.4, -0.2) is 25.4 Å². The van der Waals surface area contributed by atoms with Crippen LogP contribution in [0.5, 0.6) is 0 Å². The van der Waals surface area contributed by atoms with Crippen LogP contribution in [0.15, 0.2) is 364 Å². The van der Waals surface area contributed by atoms with Crippen molar-refractivity contribution in [3.8, 4) is 134 Å². The van der Waals surface area contributed by atoms with Crippen molar-refractivity contribution in [3.63, 3.8) is 0 Å². The van der Waals surface area contributed by atoms with Gasteiger partial charge in [-0.05, 0) is 238 Å². The van der Waals surface area contributed by atoms with Crippen LogP contribution in [-0.2, 0) is 22.7 Å². The fraction of sp³-hybridized carbons (Fsp3) is 0.0192. The van der Waals surface area contributed by atoms with Crippen molar-refractivity contribution in [2.45, 2.75) is 13.2 Å². The quantitative estimate of drug-likeness (QED) is 0.0618. The summed E-state index contributed by atoms with van der Waals surface area (Å²) in [4.78, 5) is 30.6. The molecule has 510 valence electrons. The Hall–Kier alpha value is -13.9. The average Bonchev–Trinajstić information content (AvgIpc) is 1.37. The first-order valence-electron chi connectivity index (χ1n) is 38.0. The molecular formula is C104H64B2O4. The number of hydrogen-bond acceptors (Lipinski definition) is 4. The highest BCUT2D eigenvalue weighted by atomic mass is 16.5. The number of hydrogen-bond donors (Lipinski definition) is 0. The number of carbonyl (C=O) groups is 2. The lowest BCUT2D eigenvalue weighted by molar-refractivity contribution is 0.0464. The minimum Gasteiger partial charge on any atom is -0.457 e. The molecule has 4 aliphatic rings. The van der Waals surface area contributed by atoms with Crippen LogP contribution < -0.4 is 32.8 Å². The Labute approximate surface area is 638 Å². The van der Waals surface area contributed by atoms with Gasteiger partial charge >= 0.3 is 11.9 Å². The summed E-state index contributed by atoms with van der Waals surface area (Å²) in [7, 11) is 0. The summed E-state index contributed by atoms with van der Waals surface area (Å²) in [5, 5.41) is 6.82. The molecule has 0 unspecified atom stereocenters. The molecule has 18 aromatic rings. The third kappa shape index (κ3) is 9.96. The predicted molar refractivity (Wildman–Crippen MR) is 456 cm³/mol. The summed E-state index contributed by atoms with van der Waals surface area (Å²) >= 11 is 0. The Morgan fingerprint density at radius 2 is 0.500 bits per heavy atom. The van der Waals surface area contributed by atoms with Gasteiger partial charge in [0.05, 0.1) is 11.1 Å². The largest absolute Gasteiger partial charge is 0.457 e. The van der Waals surface area contributed by atoms with Crippen molar-refractivity contribution in [2.75, 3.05) is 0 Å². The second kappa shape index (κ2) is 25.4. The minimum atomic E-state index is -0.382. The molecule has 6 heteroatoms. The normalized spacial score (nSPS) is 12.3. The van der Waals surface area contributed by atoms with E-state index in [2.05, 4.69) is 303 Å². The van der Waals surface area contributed by atoms with Crippen LogP contribution >= 0.6 is 0 Å². The molecule has 4 nitrogen and oxygen atoms in total. The van der Waals surface area contributed by atoms with Crippen LogP contribution in [0.1, 0.15) is 31.8 Å². The zero-order valence-electron chi connectivity index (χ0n) is 59.8.